The summed E-state index contributed by atoms with van der Waals surface area (Å²) in [7, 11) is 0. The van der Waals surface area contributed by atoms with Gasteiger partial charge in [0.2, 0.25) is 0 Å². The Labute approximate surface area is 134 Å². The Morgan fingerprint density at radius 2 is 2.27 bits per heavy atom. The number of rotatable bonds is 4. The first-order chi connectivity index (χ1) is 10.7. The summed E-state index contributed by atoms with van der Waals surface area (Å²) < 4.78 is 0. The largest absolute Gasteiger partial charge is 0.350 e. The van der Waals surface area contributed by atoms with E-state index in [2.05, 4.69) is 20.8 Å². The highest BCUT2D eigenvalue weighted by Crippen LogP contribution is 2.26. The van der Waals surface area contributed by atoms with E-state index in [1.165, 1.54) is 6.42 Å². The third kappa shape index (κ3) is 3.48. The second-order valence-corrected chi connectivity index (χ2v) is 5.98. The molecule has 1 aromatic carbocycles. The maximum atomic E-state index is 12.2. The van der Waals surface area contributed by atoms with Gasteiger partial charge in [0.15, 0.2) is 0 Å². The number of hydrogen-bond acceptors (Lipinski definition) is 3. The summed E-state index contributed by atoms with van der Waals surface area (Å²) >= 11 is 6.15. The first kappa shape index (κ1) is 15.1. The van der Waals surface area contributed by atoms with Crippen LogP contribution in [0.2, 0.25) is 5.02 Å². The molecular formula is C16H19ClN4O. The minimum Gasteiger partial charge on any atom is -0.350 e. The minimum atomic E-state index is -0.128. The van der Waals surface area contributed by atoms with Crippen molar-refractivity contribution in [1.29, 1.82) is 0 Å². The van der Waals surface area contributed by atoms with Gasteiger partial charge in [-0.25, -0.2) is 0 Å². The van der Waals surface area contributed by atoms with Gasteiger partial charge < -0.3 is 10.6 Å². The van der Waals surface area contributed by atoms with Gasteiger partial charge in [0.1, 0.15) is 5.69 Å². The van der Waals surface area contributed by atoms with Crippen LogP contribution in [0, 0.1) is 5.92 Å². The summed E-state index contributed by atoms with van der Waals surface area (Å²) in [5.41, 5.74) is 1.95. The maximum absolute atomic E-state index is 12.2. The van der Waals surface area contributed by atoms with E-state index < -0.39 is 0 Å². The van der Waals surface area contributed by atoms with Gasteiger partial charge >= 0.3 is 0 Å². The van der Waals surface area contributed by atoms with Crippen LogP contribution in [-0.4, -0.2) is 35.7 Å². The molecule has 1 amide bonds. The van der Waals surface area contributed by atoms with Gasteiger partial charge in [-0.15, -0.1) is 0 Å². The lowest BCUT2D eigenvalue weighted by Gasteiger charge is -2.22. The number of nitrogens with one attached hydrogen (secondary N) is 3. The van der Waals surface area contributed by atoms with Crippen LogP contribution in [0.5, 0.6) is 0 Å². The molecule has 22 heavy (non-hydrogen) atoms. The molecule has 1 aliphatic heterocycles. The van der Waals surface area contributed by atoms with E-state index in [1.54, 1.807) is 12.1 Å². The summed E-state index contributed by atoms with van der Waals surface area (Å²) in [6, 6.07) is 9.18. The molecule has 3 rings (SSSR count). The molecule has 3 N–H and O–H groups in total. The Balaban J connectivity index is 1.63. The van der Waals surface area contributed by atoms with Crippen molar-refractivity contribution in [3.8, 4) is 11.3 Å². The van der Waals surface area contributed by atoms with Crippen molar-refractivity contribution in [2.24, 2.45) is 5.92 Å². The summed E-state index contributed by atoms with van der Waals surface area (Å²) in [6.07, 6.45) is 2.32. The molecule has 1 atom stereocenters. The molecular weight excluding hydrogens is 300 g/mol. The number of nitrogens with zero attached hydrogens (tertiary/aromatic N) is 1. The van der Waals surface area contributed by atoms with E-state index in [4.69, 9.17) is 11.6 Å². The number of benzene rings is 1. The molecule has 0 spiro atoms. The fourth-order valence-corrected chi connectivity index (χ4v) is 2.91. The van der Waals surface area contributed by atoms with Crippen LogP contribution in [-0.2, 0) is 0 Å². The molecule has 1 aromatic heterocycles. The monoisotopic (exact) mass is 318 g/mol. The predicted octanol–water partition coefficient (Wildman–Crippen LogP) is 2.46. The average Bonchev–Trinajstić information content (AvgIpc) is 3.04. The highest BCUT2D eigenvalue weighted by Gasteiger charge is 2.16. The summed E-state index contributed by atoms with van der Waals surface area (Å²) in [4.78, 5) is 12.2. The van der Waals surface area contributed by atoms with E-state index in [0.29, 0.717) is 28.9 Å². The summed E-state index contributed by atoms with van der Waals surface area (Å²) in [6.45, 7) is 2.73. The van der Waals surface area contributed by atoms with Gasteiger partial charge in [0.05, 0.1) is 10.7 Å². The smallest absolute Gasteiger partial charge is 0.269 e. The number of aromatic nitrogens is 2. The van der Waals surface area contributed by atoms with E-state index in [9.17, 15) is 4.79 Å². The van der Waals surface area contributed by atoms with Crippen LogP contribution in [0.4, 0.5) is 0 Å². The third-order valence-electron chi connectivity index (χ3n) is 3.92. The molecule has 1 fully saturated rings. The Hall–Kier alpha value is -1.85. The zero-order chi connectivity index (χ0) is 15.4. The van der Waals surface area contributed by atoms with Crippen LogP contribution in [0.1, 0.15) is 23.3 Å². The van der Waals surface area contributed by atoms with Gasteiger partial charge in [-0.3, -0.25) is 9.89 Å². The zero-order valence-electron chi connectivity index (χ0n) is 12.2. The van der Waals surface area contributed by atoms with Gasteiger partial charge in [-0.05, 0) is 44.0 Å². The van der Waals surface area contributed by atoms with Crippen molar-refractivity contribution in [2.75, 3.05) is 19.6 Å². The third-order valence-corrected chi connectivity index (χ3v) is 4.25. The molecule has 5 nitrogen and oxygen atoms in total. The molecule has 0 saturated carbocycles. The second kappa shape index (κ2) is 6.94. The van der Waals surface area contributed by atoms with Crippen LogP contribution in [0.25, 0.3) is 11.3 Å². The van der Waals surface area contributed by atoms with Crippen molar-refractivity contribution in [3.63, 3.8) is 0 Å². The Kier molecular flexibility index (Phi) is 4.75. The molecule has 116 valence electrons. The molecule has 2 aromatic rings. The zero-order valence-corrected chi connectivity index (χ0v) is 13.0. The number of amides is 1. The van der Waals surface area contributed by atoms with Gasteiger partial charge in [0.25, 0.3) is 5.91 Å². The van der Waals surface area contributed by atoms with Crippen molar-refractivity contribution in [3.05, 3.63) is 41.0 Å². The number of carbonyl (C=O) groups excluding carboxylic acids is 1. The number of aromatic amines is 1. The Bertz CT molecular complexity index is 649. The topological polar surface area (TPSA) is 69.8 Å². The summed E-state index contributed by atoms with van der Waals surface area (Å²) in [5, 5.41) is 13.9. The van der Waals surface area contributed by atoms with Crippen LogP contribution < -0.4 is 10.6 Å². The molecule has 2 heterocycles. The molecule has 6 heteroatoms. The molecule has 0 radical (unpaired) electrons. The number of H-pyrrole nitrogens is 1. The van der Waals surface area contributed by atoms with E-state index >= 15 is 0 Å². The normalized spacial score (nSPS) is 18.1. The fraction of sp³-hybridized carbons (Fsp3) is 0.375. The van der Waals surface area contributed by atoms with E-state index in [1.807, 2.05) is 18.2 Å². The predicted molar refractivity (Wildman–Crippen MR) is 87.0 cm³/mol. The lowest BCUT2D eigenvalue weighted by Crippen LogP contribution is -2.38. The first-order valence-corrected chi connectivity index (χ1v) is 7.91. The first-order valence-electron chi connectivity index (χ1n) is 7.53. The standard InChI is InChI=1S/C16H19ClN4O/c17-13-6-2-1-5-12(13)14-8-15(21-20-14)16(22)19-10-11-4-3-7-18-9-11/h1-2,5-6,8,11,18H,3-4,7,9-10H2,(H,19,22)(H,20,21). The SMILES string of the molecule is O=C(NCC1CCCNC1)c1cc(-c2ccccc2Cl)n[nH]1. The van der Waals surface area contributed by atoms with Gasteiger partial charge in [-0.2, -0.15) is 5.10 Å². The van der Waals surface area contributed by atoms with Crippen molar-refractivity contribution < 1.29 is 4.79 Å². The number of carbonyl (C=O) groups is 1. The lowest BCUT2D eigenvalue weighted by molar-refractivity contribution is 0.0940. The minimum absolute atomic E-state index is 0.128. The Morgan fingerprint density at radius 1 is 1.41 bits per heavy atom. The quantitative estimate of drug-likeness (QED) is 0.811. The second-order valence-electron chi connectivity index (χ2n) is 5.57. The molecule has 0 aliphatic carbocycles. The molecule has 1 saturated heterocycles. The van der Waals surface area contributed by atoms with Gasteiger partial charge in [0, 0.05) is 12.1 Å². The summed E-state index contributed by atoms with van der Waals surface area (Å²) in [5.74, 6) is 0.375. The lowest BCUT2D eigenvalue weighted by atomic mass is 10.00. The van der Waals surface area contributed by atoms with Crippen LogP contribution in [0.15, 0.2) is 30.3 Å². The molecule has 1 unspecified atom stereocenters. The Morgan fingerprint density at radius 3 is 3.05 bits per heavy atom. The average molecular weight is 319 g/mol. The van der Waals surface area contributed by atoms with Gasteiger partial charge in [-0.1, -0.05) is 29.8 Å². The van der Waals surface area contributed by atoms with Crippen LogP contribution in [0.3, 0.4) is 0 Å². The maximum Gasteiger partial charge on any atom is 0.269 e. The number of halogens is 1. The van der Waals surface area contributed by atoms with Crippen molar-refractivity contribution in [1.82, 2.24) is 20.8 Å². The van der Waals surface area contributed by atoms with E-state index in [-0.39, 0.29) is 5.91 Å². The fourth-order valence-electron chi connectivity index (χ4n) is 2.68. The highest BCUT2D eigenvalue weighted by molar-refractivity contribution is 6.33. The number of piperidine rings is 1. The van der Waals surface area contributed by atoms with E-state index in [0.717, 1.165) is 25.1 Å². The van der Waals surface area contributed by atoms with Crippen molar-refractivity contribution >= 4 is 17.5 Å². The van der Waals surface area contributed by atoms with Crippen LogP contribution >= 0.6 is 11.6 Å². The highest BCUT2D eigenvalue weighted by atomic mass is 35.5. The molecule has 0 bridgehead atoms. The number of hydrogen-bond donors (Lipinski definition) is 3. The molecule has 1 aliphatic rings. The van der Waals surface area contributed by atoms with Crippen molar-refractivity contribution in [2.45, 2.75) is 12.8 Å².